The van der Waals surface area contributed by atoms with Crippen LogP contribution >= 0.6 is 0 Å². The molecule has 1 unspecified atom stereocenters. The van der Waals surface area contributed by atoms with Gasteiger partial charge in [-0.1, -0.05) is 36.4 Å². The van der Waals surface area contributed by atoms with Crippen molar-refractivity contribution in [2.24, 2.45) is 0 Å². The number of carbonyl (C=O) groups is 1. The van der Waals surface area contributed by atoms with Gasteiger partial charge in [-0.05, 0) is 18.1 Å². The molecule has 83 valence electrons. The van der Waals surface area contributed by atoms with Crippen molar-refractivity contribution < 1.29 is 9.59 Å². The first-order valence-electron chi connectivity index (χ1n) is 5.07. The summed E-state index contributed by atoms with van der Waals surface area (Å²) in [5.74, 6) is -0.114. The van der Waals surface area contributed by atoms with Crippen LogP contribution in [0.5, 0.6) is 0 Å². The molecule has 0 aliphatic heterocycles. The fourth-order valence-corrected chi connectivity index (χ4v) is 1.45. The molecule has 0 fully saturated rings. The van der Waals surface area contributed by atoms with Crippen LogP contribution in [0.2, 0.25) is 0 Å². The number of nitrogens with one attached hydrogen (secondary N) is 1. The molecular formula is C13H14NO2. The molecule has 16 heavy (non-hydrogen) atoms. The maximum Gasteiger partial charge on any atom is 0.225 e. The van der Waals surface area contributed by atoms with Crippen LogP contribution < -0.4 is 5.32 Å². The molecule has 1 amide bonds. The maximum absolute atomic E-state index is 11.0. The van der Waals surface area contributed by atoms with E-state index in [2.05, 4.69) is 5.32 Å². The van der Waals surface area contributed by atoms with Crippen molar-refractivity contribution in [1.29, 1.82) is 0 Å². The monoisotopic (exact) mass is 216 g/mol. The fourth-order valence-electron chi connectivity index (χ4n) is 1.45. The first kappa shape index (κ1) is 12.2. The number of carbonyl (C=O) groups excluding carboxylic acids is 2. The molecule has 0 heterocycles. The molecule has 0 aliphatic carbocycles. The van der Waals surface area contributed by atoms with Gasteiger partial charge in [-0.3, -0.25) is 9.59 Å². The highest BCUT2D eigenvalue weighted by Gasteiger charge is 2.06. The quantitative estimate of drug-likeness (QED) is 0.756. The molecule has 0 saturated heterocycles. The average Bonchev–Trinajstić information content (AvgIpc) is 2.26. The molecule has 0 aliphatic rings. The van der Waals surface area contributed by atoms with Crippen molar-refractivity contribution in [3.63, 3.8) is 0 Å². The lowest BCUT2D eigenvalue weighted by Crippen LogP contribution is -2.33. The molecule has 1 aromatic carbocycles. The molecule has 0 aromatic heterocycles. The van der Waals surface area contributed by atoms with Crippen LogP contribution in [0.15, 0.2) is 42.5 Å². The second-order valence-electron chi connectivity index (χ2n) is 3.47. The van der Waals surface area contributed by atoms with E-state index in [0.717, 1.165) is 5.56 Å². The van der Waals surface area contributed by atoms with E-state index in [1.54, 1.807) is 12.4 Å². The molecule has 3 heteroatoms. The Morgan fingerprint density at radius 3 is 2.69 bits per heavy atom. The SMILES string of the molecule is CC(=O)NC(C=C[C]=O)Cc1ccccc1. The Morgan fingerprint density at radius 1 is 1.44 bits per heavy atom. The largest absolute Gasteiger partial charge is 0.350 e. The summed E-state index contributed by atoms with van der Waals surface area (Å²) in [4.78, 5) is 21.1. The third-order valence-corrected chi connectivity index (χ3v) is 2.08. The van der Waals surface area contributed by atoms with E-state index in [1.807, 2.05) is 30.3 Å². The van der Waals surface area contributed by atoms with Gasteiger partial charge in [-0.15, -0.1) is 0 Å². The molecule has 1 atom stereocenters. The van der Waals surface area contributed by atoms with Gasteiger partial charge in [0.05, 0.1) is 6.04 Å². The van der Waals surface area contributed by atoms with Gasteiger partial charge in [-0.25, -0.2) is 0 Å². The summed E-state index contributed by atoms with van der Waals surface area (Å²) in [6, 6.07) is 9.61. The van der Waals surface area contributed by atoms with Crippen molar-refractivity contribution in [2.75, 3.05) is 0 Å². The van der Waals surface area contributed by atoms with Crippen LogP contribution in [-0.4, -0.2) is 18.2 Å². The number of benzene rings is 1. The van der Waals surface area contributed by atoms with Crippen molar-refractivity contribution in [3.05, 3.63) is 48.0 Å². The summed E-state index contributed by atoms with van der Waals surface area (Å²) in [6.45, 7) is 1.45. The van der Waals surface area contributed by atoms with Gasteiger partial charge in [0.25, 0.3) is 0 Å². The Labute approximate surface area is 95.2 Å². The molecule has 1 N–H and O–H groups in total. The highest BCUT2D eigenvalue weighted by Crippen LogP contribution is 2.04. The lowest BCUT2D eigenvalue weighted by atomic mass is 10.1. The second kappa shape index (κ2) is 6.56. The minimum Gasteiger partial charge on any atom is -0.350 e. The predicted molar refractivity (Wildman–Crippen MR) is 62.6 cm³/mol. The number of hydrogen-bond donors (Lipinski definition) is 1. The third-order valence-electron chi connectivity index (χ3n) is 2.08. The van der Waals surface area contributed by atoms with Crippen LogP contribution in [0.25, 0.3) is 0 Å². The van der Waals surface area contributed by atoms with Crippen LogP contribution in [-0.2, 0) is 16.0 Å². The zero-order valence-corrected chi connectivity index (χ0v) is 9.14. The van der Waals surface area contributed by atoms with Crippen molar-refractivity contribution in [2.45, 2.75) is 19.4 Å². The van der Waals surface area contributed by atoms with E-state index < -0.39 is 0 Å². The molecule has 0 bridgehead atoms. The minimum absolute atomic E-state index is 0.114. The summed E-state index contributed by atoms with van der Waals surface area (Å²) >= 11 is 0. The molecule has 3 nitrogen and oxygen atoms in total. The minimum atomic E-state index is -0.165. The van der Waals surface area contributed by atoms with E-state index in [-0.39, 0.29) is 11.9 Å². The number of allylic oxidation sites excluding steroid dienone is 1. The lowest BCUT2D eigenvalue weighted by Gasteiger charge is -2.13. The van der Waals surface area contributed by atoms with Crippen LogP contribution in [0.1, 0.15) is 12.5 Å². The zero-order valence-electron chi connectivity index (χ0n) is 9.14. The van der Waals surface area contributed by atoms with Gasteiger partial charge in [-0.2, -0.15) is 0 Å². The molecule has 1 aromatic rings. The topological polar surface area (TPSA) is 46.2 Å². The Kier molecular flexibility index (Phi) is 4.99. The highest BCUT2D eigenvalue weighted by molar-refractivity contribution is 5.74. The normalized spacial score (nSPS) is 12.3. The lowest BCUT2D eigenvalue weighted by molar-refractivity contribution is -0.119. The van der Waals surface area contributed by atoms with Crippen LogP contribution in [0.4, 0.5) is 0 Å². The molecule has 1 rings (SSSR count). The Morgan fingerprint density at radius 2 is 2.12 bits per heavy atom. The number of rotatable bonds is 5. The molecule has 0 saturated carbocycles. The summed E-state index contributed by atoms with van der Waals surface area (Å²) in [5.41, 5.74) is 1.11. The Bertz CT molecular complexity index is 371. The van der Waals surface area contributed by atoms with Crippen LogP contribution in [0.3, 0.4) is 0 Å². The van der Waals surface area contributed by atoms with Gasteiger partial charge in [0.1, 0.15) is 0 Å². The van der Waals surface area contributed by atoms with Crippen molar-refractivity contribution >= 4 is 12.2 Å². The van der Waals surface area contributed by atoms with E-state index in [1.165, 1.54) is 13.0 Å². The first-order chi connectivity index (χ1) is 7.72. The van der Waals surface area contributed by atoms with E-state index in [4.69, 9.17) is 0 Å². The van der Waals surface area contributed by atoms with E-state index in [0.29, 0.717) is 6.42 Å². The Balaban J connectivity index is 2.66. The van der Waals surface area contributed by atoms with E-state index in [9.17, 15) is 9.59 Å². The van der Waals surface area contributed by atoms with Gasteiger partial charge >= 0.3 is 0 Å². The summed E-state index contributed by atoms with van der Waals surface area (Å²) in [6.07, 6.45) is 5.26. The third kappa shape index (κ3) is 4.55. The van der Waals surface area contributed by atoms with Crippen molar-refractivity contribution in [1.82, 2.24) is 5.32 Å². The standard InChI is InChI=1S/C13H14NO2/c1-11(16)14-13(8-5-9-15)10-12-6-3-2-4-7-12/h2-8,13H,10H2,1H3,(H,14,16). The fraction of sp³-hybridized carbons (Fsp3) is 0.231. The highest BCUT2D eigenvalue weighted by atomic mass is 16.1. The van der Waals surface area contributed by atoms with Gasteiger partial charge in [0, 0.05) is 6.92 Å². The van der Waals surface area contributed by atoms with Gasteiger partial charge in [0.15, 0.2) is 0 Å². The summed E-state index contributed by atoms with van der Waals surface area (Å²) in [7, 11) is 0. The Hall–Kier alpha value is -1.90. The molecule has 0 spiro atoms. The second-order valence-corrected chi connectivity index (χ2v) is 3.47. The van der Waals surface area contributed by atoms with Gasteiger partial charge in [0.2, 0.25) is 12.2 Å². The maximum atomic E-state index is 11.0. The van der Waals surface area contributed by atoms with Crippen molar-refractivity contribution in [3.8, 4) is 0 Å². The molecular weight excluding hydrogens is 202 g/mol. The first-order valence-corrected chi connectivity index (χ1v) is 5.07. The van der Waals surface area contributed by atoms with E-state index >= 15 is 0 Å². The average molecular weight is 216 g/mol. The molecule has 1 radical (unpaired) electrons. The summed E-state index contributed by atoms with van der Waals surface area (Å²) < 4.78 is 0. The van der Waals surface area contributed by atoms with Crippen LogP contribution in [0, 0.1) is 0 Å². The number of amides is 1. The zero-order chi connectivity index (χ0) is 11.8. The smallest absolute Gasteiger partial charge is 0.225 e. The number of hydrogen-bond acceptors (Lipinski definition) is 2. The summed E-state index contributed by atoms with van der Waals surface area (Å²) in [5, 5.41) is 2.76. The predicted octanol–water partition coefficient (Wildman–Crippen LogP) is 1.40. The van der Waals surface area contributed by atoms with Gasteiger partial charge < -0.3 is 5.32 Å².